The van der Waals surface area contributed by atoms with E-state index in [0.717, 1.165) is 33.7 Å². The second-order valence-electron chi connectivity index (χ2n) is 7.67. The van der Waals surface area contributed by atoms with E-state index in [1.807, 2.05) is 69.3 Å². The van der Waals surface area contributed by atoms with Gasteiger partial charge in [-0.1, -0.05) is 42.0 Å². The molecule has 0 fully saturated rings. The zero-order chi connectivity index (χ0) is 22.7. The normalized spacial score (nSPS) is 10.8. The highest BCUT2D eigenvalue weighted by atomic mass is 16.5. The van der Waals surface area contributed by atoms with Crippen LogP contribution in [0.5, 0.6) is 5.75 Å². The predicted molar refractivity (Wildman–Crippen MR) is 127 cm³/mol. The largest absolute Gasteiger partial charge is 0.494 e. The molecular formula is C26H26N4O2. The van der Waals surface area contributed by atoms with Crippen molar-refractivity contribution < 1.29 is 9.53 Å². The summed E-state index contributed by atoms with van der Waals surface area (Å²) in [4.78, 5) is 17.6. The van der Waals surface area contributed by atoms with Gasteiger partial charge in [0, 0.05) is 11.3 Å². The minimum absolute atomic E-state index is 0.107. The standard InChI is InChI=1S/C26H26N4O2/c1-5-32-22-15-13-21(14-16-22)27-26(31)24-28-25(20-11-9-17(2)10-12-20)30(29-24)23-8-6-7-18(3)19(23)4/h6-16H,5H2,1-4H3,(H,27,31). The van der Waals surface area contributed by atoms with Crippen molar-refractivity contribution in [1.82, 2.24) is 14.8 Å². The minimum Gasteiger partial charge on any atom is -0.494 e. The fraction of sp³-hybridized carbons (Fsp3) is 0.192. The molecule has 0 aliphatic heterocycles. The number of carbonyl (C=O) groups excluding carboxylic acids is 1. The molecule has 0 spiro atoms. The van der Waals surface area contributed by atoms with Gasteiger partial charge in [-0.15, -0.1) is 5.10 Å². The van der Waals surface area contributed by atoms with E-state index in [4.69, 9.17) is 4.74 Å². The number of anilines is 1. The van der Waals surface area contributed by atoms with Gasteiger partial charge in [0.2, 0.25) is 5.82 Å². The number of benzene rings is 3. The summed E-state index contributed by atoms with van der Waals surface area (Å²) >= 11 is 0. The monoisotopic (exact) mass is 426 g/mol. The Kier molecular flexibility index (Phi) is 6.03. The average molecular weight is 427 g/mol. The number of hydrogen-bond acceptors (Lipinski definition) is 4. The minimum atomic E-state index is -0.369. The Morgan fingerprint density at radius 2 is 1.69 bits per heavy atom. The van der Waals surface area contributed by atoms with E-state index in [1.165, 1.54) is 0 Å². The quantitative estimate of drug-likeness (QED) is 0.441. The third kappa shape index (κ3) is 4.39. The van der Waals surface area contributed by atoms with Gasteiger partial charge in [0.1, 0.15) is 5.75 Å². The molecule has 0 saturated heterocycles. The van der Waals surface area contributed by atoms with Crippen LogP contribution in [0.1, 0.15) is 34.2 Å². The van der Waals surface area contributed by atoms with Crippen molar-refractivity contribution in [3.05, 3.63) is 89.2 Å². The maximum absolute atomic E-state index is 13.0. The number of aryl methyl sites for hydroxylation is 2. The lowest BCUT2D eigenvalue weighted by Crippen LogP contribution is -2.14. The maximum Gasteiger partial charge on any atom is 0.295 e. The molecule has 4 aromatic rings. The maximum atomic E-state index is 13.0. The molecule has 0 unspecified atom stereocenters. The number of ether oxygens (including phenoxy) is 1. The summed E-state index contributed by atoms with van der Waals surface area (Å²) in [6, 6.07) is 21.3. The Balaban J connectivity index is 1.72. The molecule has 0 atom stereocenters. The molecule has 0 radical (unpaired) electrons. The topological polar surface area (TPSA) is 69.0 Å². The Morgan fingerprint density at radius 1 is 0.969 bits per heavy atom. The first kappa shape index (κ1) is 21.3. The van der Waals surface area contributed by atoms with Crippen LogP contribution in [0.25, 0.3) is 17.1 Å². The van der Waals surface area contributed by atoms with Gasteiger partial charge in [-0.3, -0.25) is 4.79 Å². The van der Waals surface area contributed by atoms with Gasteiger partial charge in [0.25, 0.3) is 5.91 Å². The van der Waals surface area contributed by atoms with Crippen molar-refractivity contribution in [3.8, 4) is 22.8 Å². The Morgan fingerprint density at radius 3 is 2.38 bits per heavy atom. The van der Waals surface area contributed by atoms with Gasteiger partial charge in [0.15, 0.2) is 5.82 Å². The molecule has 4 rings (SSSR count). The first-order chi connectivity index (χ1) is 15.5. The SMILES string of the molecule is CCOc1ccc(NC(=O)c2nc(-c3ccc(C)cc3)n(-c3cccc(C)c3C)n2)cc1. The molecule has 1 aromatic heterocycles. The van der Waals surface area contributed by atoms with E-state index in [2.05, 4.69) is 28.4 Å². The lowest BCUT2D eigenvalue weighted by Gasteiger charge is -2.11. The smallest absolute Gasteiger partial charge is 0.295 e. The van der Waals surface area contributed by atoms with E-state index < -0.39 is 0 Å². The molecule has 1 amide bonds. The number of nitrogens with zero attached hydrogens (tertiary/aromatic N) is 3. The summed E-state index contributed by atoms with van der Waals surface area (Å²) in [5.41, 5.74) is 5.83. The Labute approximate surface area is 187 Å². The van der Waals surface area contributed by atoms with Crippen molar-refractivity contribution in [2.75, 3.05) is 11.9 Å². The van der Waals surface area contributed by atoms with Crippen molar-refractivity contribution in [3.63, 3.8) is 0 Å². The van der Waals surface area contributed by atoms with E-state index in [9.17, 15) is 4.79 Å². The van der Waals surface area contributed by atoms with Gasteiger partial charge in [-0.05, 0) is 69.2 Å². The van der Waals surface area contributed by atoms with Crippen LogP contribution in [0.4, 0.5) is 5.69 Å². The van der Waals surface area contributed by atoms with Crippen LogP contribution in [0, 0.1) is 20.8 Å². The Bertz CT molecular complexity index is 1240. The van der Waals surface area contributed by atoms with Crippen LogP contribution in [-0.2, 0) is 0 Å². The number of amides is 1. The molecule has 32 heavy (non-hydrogen) atoms. The third-order valence-corrected chi connectivity index (χ3v) is 5.35. The van der Waals surface area contributed by atoms with Crippen molar-refractivity contribution >= 4 is 11.6 Å². The molecule has 6 heteroatoms. The molecule has 0 aliphatic carbocycles. The van der Waals surface area contributed by atoms with Crippen LogP contribution < -0.4 is 10.1 Å². The third-order valence-electron chi connectivity index (χ3n) is 5.35. The molecule has 162 valence electrons. The fourth-order valence-electron chi connectivity index (χ4n) is 3.42. The summed E-state index contributed by atoms with van der Waals surface area (Å²) in [5.74, 6) is 1.11. The van der Waals surface area contributed by atoms with Crippen LogP contribution in [0.15, 0.2) is 66.7 Å². The van der Waals surface area contributed by atoms with Gasteiger partial charge >= 0.3 is 0 Å². The van der Waals surface area contributed by atoms with Crippen LogP contribution >= 0.6 is 0 Å². The highest BCUT2D eigenvalue weighted by Crippen LogP contribution is 2.25. The lowest BCUT2D eigenvalue weighted by atomic mass is 10.1. The van der Waals surface area contributed by atoms with E-state index in [0.29, 0.717) is 18.1 Å². The van der Waals surface area contributed by atoms with Gasteiger partial charge in [-0.2, -0.15) is 0 Å². The van der Waals surface area contributed by atoms with Crippen LogP contribution in [0.3, 0.4) is 0 Å². The zero-order valence-electron chi connectivity index (χ0n) is 18.7. The summed E-state index contributed by atoms with van der Waals surface area (Å²) in [5, 5.41) is 7.47. The number of carbonyl (C=O) groups is 1. The molecule has 3 aromatic carbocycles. The molecule has 1 N–H and O–H groups in total. The van der Waals surface area contributed by atoms with E-state index in [1.54, 1.807) is 16.8 Å². The van der Waals surface area contributed by atoms with Gasteiger partial charge in [-0.25, -0.2) is 9.67 Å². The average Bonchev–Trinajstić information content (AvgIpc) is 3.23. The van der Waals surface area contributed by atoms with Crippen LogP contribution in [-0.4, -0.2) is 27.3 Å². The molecule has 0 aliphatic rings. The van der Waals surface area contributed by atoms with Crippen molar-refractivity contribution in [1.29, 1.82) is 0 Å². The molecule has 1 heterocycles. The summed E-state index contributed by atoms with van der Waals surface area (Å²) in [6.07, 6.45) is 0. The number of nitrogens with one attached hydrogen (secondary N) is 1. The molecular weight excluding hydrogens is 400 g/mol. The summed E-state index contributed by atoms with van der Waals surface area (Å²) < 4.78 is 7.21. The van der Waals surface area contributed by atoms with Crippen molar-refractivity contribution in [2.45, 2.75) is 27.7 Å². The second kappa shape index (κ2) is 9.06. The number of rotatable bonds is 6. The summed E-state index contributed by atoms with van der Waals surface area (Å²) in [6.45, 7) is 8.66. The first-order valence-corrected chi connectivity index (χ1v) is 10.6. The zero-order valence-corrected chi connectivity index (χ0v) is 18.7. The summed E-state index contributed by atoms with van der Waals surface area (Å²) in [7, 11) is 0. The van der Waals surface area contributed by atoms with Crippen molar-refractivity contribution in [2.24, 2.45) is 0 Å². The Hall–Kier alpha value is -3.93. The molecule has 0 bridgehead atoms. The first-order valence-electron chi connectivity index (χ1n) is 10.6. The van der Waals surface area contributed by atoms with E-state index >= 15 is 0 Å². The fourth-order valence-corrected chi connectivity index (χ4v) is 3.42. The molecule has 6 nitrogen and oxygen atoms in total. The van der Waals surface area contributed by atoms with Gasteiger partial charge in [0.05, 0.1) is 12.3 Å². The van der Waals surface area contributed by atoms with E-state index in [-0.39, 0.29) is 11.7 Å². The number of hydrogen-bond donors (Lipinski definition) is 1. The number of aromatic nitrogens is 3. The van der Waals surface area contributed by atoms with Gasteiger partial charge < -0.3 is 10.1 Å². The highest BCUT2D eigenvalue weighted by Gasteiger charge is 2.20. The predicted octanol–water partition coefficient (Wildman–Crippen LogP) is 5.51. The van der Waals surface area contributed by atoms with Crippen LogP contribution in [0.2, 0.25) is 0 Å². The second-order valence-corrected chi connectivity index (χ2v) is 7.67. The lowest BCUT2D eigenvalue weighted by molar-refractivity contribution is 0.101. The molecule has 0 saturated carbocycles. The highest BCUT2D eigenvalue weighted by molar-refractivity contribution is 6.01.